The van der Waals surface area contributed by atoms with E-state index in [1.807, 2.05) is 0 Å². The fraction of sp³-hybridized carbons (Fsp3) is 0.529. The largest absolute Gasteiger partial charge is 0.484 e. The lowest BCUT2D eigenvalue weighted by Gasteiger charge is -2.32. The molecular weight excluding hydrogens is 328 g/mol. The van der Waals surface area contributed by atoms with Crippen molar-refractivity contribution in [2.45, 2.75) is 44.2 Å². The van der Waals surface area contributed by atoms with Crippen molar-refractivity contribution in [1.29, 1.82) is 0 Å². The van der Waals surface area contributed by atoms with Crippen LogP contribution < -0.4 is 4.74 Å². The molecule has 25 heavy (non-hydrogen) atoms. The van der Waals surface area contributed by atoms with Gasteiger partial charge in [0, 0.05) is 12.1 Å². The molecule has 0 radical (unpaired) electrons. The van der Waals surface area contributed by atoms with E-state index in [1.54, 1.807) is 0 Å². The van der Waals surface area contributed by atoms with Crippen LogP contribution in [0.1, 0.15) is 32.1 Å². The van der Waals surface area contributed by atoms with Gasteiger partial charge < -0.3 is 14.7 Å². The Morgan fingerprint density at radius 3 is 2.80 bits per heavy atom. The molecule has 1 aromatic carbocycles. The highest BCUT2D eigenvalue weighted by atomic mass is 16.6. The molecule has 3 rings (SSSR count). The minimum atomic E-state index is -0.988. The molecule has 134 valence electrons. The fourth-order valence-electron chi connectivity index (χ4n) is 3.95. The van der Waals surface area contributed by atoms with E-state index in [4.69, 9.17) is 4.74 Å². The van der Waals surface area contributed by atoms with Gasteiger partial charge in [0.1, 0.15) is 11.8 Å². The summed E-state index contributed by atoms with van der Waals surface area (Å²) < 4.78 is 5.39. The number of fused-ring (bicyclic) bond motifs is 1. The van der Waals surface area contributed by atoms with Crippen LogP contribution in [0.25, 0.3) is 0 Å². The molecule has 1 saturated heterocycles. The number of nitro groups is 1. The van der Waals surface area contributed by atoms with Crippen molar-refractivity contribution in [2.75, 3.05) is 6.61 Å². The maximum Gasteiger partial charge on any atom is 0.326 e. The average molecular weight is 348 g/mol. The molecule has 1 saturated carbocycles. The van der Waals surface area contributed by atoms with Crippen LogP contribution in [0.3, 0.4) is 0 Å². The lowest BCUT2D eigenvalue weighted by atomic mass is 9.85. The Bertz CT molecular complexity index is 691. The molecule has 8 nitrogen and oxygen atoms in total. The van der Waals surface area contributed by atoms with E-state index in [9.17, 15) is 24.8 Å². The minimum absolute atomic E-state index is 0.0453. The van der Waals surface area contributed by atoms with Gasteiger partial charge in [-0.05, 0) is 31.2 Å². The molecule has 1 aliphatic carbocycles. The highest BCUT2D eigenvalue weighted by molar-refractivity contribution is 5.85. The van der Waals surface area contributed by atoms with Crippen molar-refractivity contribution < 1.29 is 24.4 Å². The number of nitro benzene ring substituents is 1. The Balaban J connectivity index is 1.69. The molecule has 2 fully saturated rings. The van der Waals surface area contributed by atoms with Crippen LogP contribution in [0.15, 0.2) is 24.3 Å². The average Bonchev–Trinajstić information content (AvgIpc) is 3.00. The first-order valence-corrected chi connectivity index (χ1v) is 8.38. The number of aliphatic carboxylic acids is 1. The molecule has 1 N–H and O–H groups in total. The number of likely N-dealkylation sites (tertiary alicyclic amines) is 1. The number of benzene rings is 1. The van der Waals surface area contributed by atoms with Crippen molar-refractivity contribution in [1.82, 2.24) is 4.90 Å². The predicted molar refractivity (Wildman–Crippen MR) is 87.2 cm³/mol. The van der Waals surface area contributed by atoms with E-state index in [0.29, 0.717) is 6.42 Å². The molecule has 3 unspecified atom stereocenters. The Morgan fingerprint density at radius 1 is 1.32 bits per heavy atom. The standard InChI is InChI=1S/C17H20N2O6/c20-16(10-25-13-6-3-5-12(9-13)19(23)24)18-14-7-2-1-4-11(14)8-15(18)17(21)22/h3,5-6,9,11,14-15H,1-2,4,7-8,10H2,(H,21,22). The number of hydrogen-bond donors (Lipinski definition) is 1. The maximum atomic E-state index is 12.6. The van der Waals surface area contributed by atoms with E-state index in [1.165, 1.54) is 29.2 Å². The van der Waals surface area contributed by atoms with E-state index in [-0.39, 0.29) is 35.9 Å². The van der Waals surface area contributed by atoms with Gasteiger partial charge in [-0.15, -0.1) is 0 Å². The molecule has 0 spiro atoms. The van der Waals surface area contributed by atoms with Crippen LogP contribution in [0.5, 0.6) is 5.75 Å². The molecule has 1 heterocycles. The van der Waals surface area contributed by atoms with Crippen molar-refractivity contribution in [2.24, 2.45) is 5.92 Å². The summed E-state index contributed by atoms with van der Waals surface area (Å²) in [7, 11) is 0. The van der Waals surface area contributed by atoms with Gasteiger partial charge in [0.25, 0.3) is 11.6 Å². The summed E-state index contributed by atoms with van der Waals surface area (Å²) in [5.74, 6) is -0.920. The molecule has 2 aliphatic rings. The summed E-state index contributed by atoms with van der Waals surface area (Å²) in [4.78, 5) is 35.9. The smallest absolute Gasteiger partial charge is 0.326 e. The molecule has 0 aromatic heterocycles. The molecule has 1 amide bonds. The van der Waals surface area contributed by atoms with Gasteiger partial charge >= 0.3 is 5.97 Å². The van der Waals surface area contributed by atoms with Crippen molar-refractivity contribution in [3.8, 4) is 5.75 Å². The van der Waals surface area contributed by atoms with Gasteiger partial charge in [0.2, 0.25) is 0 Å². The minimum Gasteiger partial charge on any atom is -0.484 e. The zero-order valence-corrected chi connectivity index (χ0v) is 13.7. The van der Waals surface area contributed by atoms with E-state index in [0.717, 1.165) is 25.7 Å². The summed E-state index contributed by atoms with van der Waals surface area (Å²) in [5.41, 5.74) is -0.123. The number of carbonyl (C=O) groups excluding carboxylic acids is 1. The Kier molecular flexibility index (Phi) is 4.87. The Labute approximate surface area is 144 Å². The van der Waals surface area contributed by atoms with E-state index < -0.39 is 16.9 Å². The van der Waals surface area contributed by atoms with Crippen LogP contribution in [0.4, 0.5) is 5.69 Å². The number of amides is 1. The maximum absolute atomic E-state index is 12.6. The summed E-state index contributed by atoms with van der Waals surface area (Å²) in [6, 6.07) is 4.73. The van der Waals surface area contributed by atoms with Gasteiger partial charge in [-0.25, -0.2) is 4.79 Å². The quantitative estimate of drug-likeness (QED) is 0.645. The molecule has 1 aliphatic heterocycles. The topological polar surface area (TPSA) is 110 Å². The molecule has 8 heteroatoms. The number of nitrogens with zero attached hydrogens (tertiary/aromatic N) is 2. The molecule has 1 aromatic rings. The van der Waals surface area contributed by atoms with Crippen LogP contribution >= 0.6 is 0 Å². The van der Waals surface area contributed by atoms with E-state index >= 15 is 0 Å². The third kappa shape index (κ3) is 3.57. The number of carboxylic acid groups (broad SMARTS) is 1. The van der Waals surface area contributed by atoms with Crippen molar-refractivity contribution >= 4 is 17.6 Å². The van der Waals surface area contributed by atoms with Gasteiger partial charge in [0.05, 0.1) is 11.0 Å². The van der Waals surface area contributed by atoms with Gasteiger partial charge in [0.15, 0.2) is 6.61 Å². The van der Waals surface area contributed by atoms with Crippen LogP contribution in [0, 0.1) is 16.0 Å². The van der Waals surface area contributed by atoms with Crippen LogP contribution in [0.2, 0.25) is 0 Å². The highest BCUT2D eigenvalue weighted by Gasteiger charge is 2.47. The first-order chi connectivity index (χ1) is 12.0. The lowest BCUT2D eigenvalue weighted by Crippen LogP contribution is -2.48. The summed E-state index contributed by atoms with van der Waals surface area (Å²) in [6.45, 7) is -0.325. The summed E-state index contributed by atoms with van der Waals surface area (Å²) in [6.07, 6.45) is 4.31. The normalized spacial score (nSPS) is 25.3. The number of rotatable bonds is 5. The second kappa shape index (κ2) is 7.08. The molecular formula is C17H20N2O6. The van der Waals surface area contributed by atoms with Gasteiger partial charge in [-0.2, -0.15) is 0 Å². The van der Waals surface area contributed by atoms with Crippen molar-refractivity contribution in [3.05, 3.63) is 34.4 Å². The lowest BCUT2D eigenvalue weighted by molar-refractivity contribution is -0.384. The third-order valence-corrected chi connectivity index (χ3v) is 5.05. The zero-order valence-electron chi connectivity index (χ0n) is 13.7. The van der Waals surface area contributed by atoms with Gasteiger partial charge in [-0.1, -0.05) is 18.9 Å². The van der Waals surface area contributed by atoms with Crippen molar-refractivity contribution in [3.63, 3.8) is 0 Å². The number of non-ortho nitro benzene ring substituents is 1. The number of ether oxygens (including phenoxy) is 1. The fourth-order valence-corrected chi connectivity index (χ4v) is 3.95. The van der Waals surface area contributed by atoms with Gasteiger partial charge in [-0.3, -0.25) is 14.9 Å². The van der Waals surface area contributed by atoms with Crippen LogP contribution in [-0.4, -0.2) is 45.5 Å². The number of carbonyl (C=O) groups is 2. The van der Waals surface area contributed by atoms with Crippen LogP contribution in [-0.2, 0) is 9.59 Å². The first kappa shape index (κ1) is 17.2. The zero-order chi connectivity index (χ0) is 18.0. The summed E-state index contributed by atoms with van der Waals surface area (Å²) in [5, 5.41) is 20.2. The third-order valence-electron chi connectivity index (χ3n) is 5.05. The first-order valence-electron chi connectivity index (χ1n) is 8.38. The Morgan fingerprint density at radius 2 is 2.08 bits per heavy atom. The monoisotopic (exact) mass is 348 g/mol. The number of carboxylic acids is 1. The SMILES string of the molecule is O=C(O)C1CC2CCCCC2N1C(=O)COc1cccc([N+](=O)[O-])c1. The second-order valence-corrected chi connectivity index (χ2v) is 6.55. The van der Waals surface area contributed by atoms with E-state index in [2.05, 4.69) is 0 Å². The number of hydrogen-bond acceptors (Lipinski definition) is 5. The predicted octanol–water partition coefficient (Wildman–Crippen LogP) is 2.22. The summed E-state index contributed by atoms with van der Waals surface area (Å²) >= 11 is 0. The molecule has 0 bridgehead atoms. The highest BCUT2D eigenvalue weighted by Crippen LogP contribution is 2.39. The molecule has 3 atom stereocenters. The Hall–Kier alpha value is -2.64. The second-order valence-electron chi connectivity index (χ2n) is 6.55.